The van der Waals surface area contributed by atoms with Gasteiger partial charge in [-0.1, -0.05) is 6.08 Å². The Morgan fingerprint density at radius 1 is 1.25 bits per heavy atom. The summed E-state index contributed by atoms with van der Waals surface area (Å²) in [5, 5.41) is 7.32. The number of fused-ring (bicyclic) bond motifs is 5. The van der Waals surface area contributed by atoms with Gasteiger partial charge in [0.25, 0.3) is 5.91 Å². The maximum absolute atomic E-state index is 12.9. The third-order valence-corrected chi connectivity index (χ3v) is 4.86. The number of piperidine rings is 1. The van der Waals surface area contributed by atoms with Crippen LogP contribution in [0.25, 0.3) is 6.08 Å². The van der Waals surface area contributed by atoms with E-state index in [1.165, 1.54) is 0 Å². The van der Waals surface area contributed by atoms with Gasteiger partial charge in [-0.2, -0.15) is 5.10 Å². The fourth-order valence-corrected chi connectivity index (χ4v) is 3.67. The molecule has 0 atom stereocenters. The van der Waals surface area contributed by atoms with E-state index in [0.29, 0.717) is 11.7 Å². The van der Waals surface area contributed by atoms with Crippen LogP contribution in [0.1, 0.15) is 41.0 Å². The maximum atomic E-state index is 12.9. The van der Waals surface area contributed by atoms with Gasteiger partial charge in [0, 0.05) is 37.8 Å². The average Bonchev–Trinajstić information content (AvgIpc) is 2.69. The molecule has 1 aliphatic carbocycles. The number of amides is 1. The minimum Gasteiger partial charge on any atom is -0.333 e. The second-order valence-corrected chi connectivity index (χ2v) is 5.98. The number of nitrogens with one attached hydrogen (secondary N) is 1. The molecule has 3 saturated heterocycles. The van der Waals surface area contributed by atoms with Gasteiger partial charge in [0.2, 0.25) is 0 Å². The zero-order chi connectivity index (χ0) is 13.5. The van der Waals surface area contributed by atoms with Gasteiger partial charge >= 0.3 is 0 Å². The Hall–Kier alpha value is -1.62. The highest BCUT2D eigenvalue weighted by Gasteiger charge is 2.34. The van der Waals surface area contributed by atoms with Crippen LogP contribution in [0.2, 0.25) is 0 Å². The largest absolute Gasteiger partial charge is 0.333 e. The summed E-state index contributed by atoms with van der Waals surface area (Å²) in [6.45, 7) is 4.13. The molecule has 4 aliphatic rings. The van der Waals surface area contributed by atoms with Gasteiger partial charge in [-0.25, -0.2) is 0 Å². The molecule has 1 N–H and O–H groups in total. The first kappa shape index (κ1) is 12.1. The van der Waals surface area contributed by atoms with Gasteiger partial charge < -0.3 is 9.80 Å². The monoisotopic (exact) mass is 272 g/mol. The summed E-state index contributed by atoms with van der Waals surface area (Å²) in [5.74, 6) is 0.131. The van der Waals surface area contributed by atoms with Crippen molar-refractivity contribution in [2.75, 3.05) is 26.2 Å². The van der Waals surface area contributed by atoms with Gasteiger partial charge in [0.15, 0.2) is 5.69 Å². The molecule has 106 valence electrons. The summed E-state index contributed by atoms with van der Waals surface area (Å²) in [4.78, 5) is 17.4. The van der Waals surface area contributed by atoms with Crippen molar-refractivity contribution in [1.29, 1.82) is 0 Å². The molecule has 20 heavy (non-hydrogen) atoms. The Balaban J connectivity index is 1.63. The first-order chi connectivity index (χ1) is 9.83. The van der Waals surface area contributed by atoms with Crippen LogP contribution in [0.3, 0.4) is 0 Å². The molecule has 0 spiro atoms. The highest BCUT2D eigenvalue weighted by molar-refractivity contribution is 5.95. The van der Waals surface area contributed by atoms with Crippen LogP contribution in [-0.2, 0) is 6.42 Å². The summed E-state index contributed by atoms with van der Waals surface area (Å²) < 4.78 is 0. The van der Waals surface area contributed by atoms with E-state index in [1.54, 1.807) is 0 Å². The zero-order valence-electron chi connectivity index (χ0n) is 11.6. The lowest BCUT2D eigenvalue weighted by Gasteiger charge is -2.31. The predicted octanol–water partition coefficient (Wildman–Crippen LogP) is 1.29. The maximum Gasteiger partial charge on any atom is 0.274 e. The smallest absolute Gasteiger partial charge is 0.274 e. The third kappa shape index (κ3) is 1.88. The average molecular weight is 272 g/mol. The molecule has 3 aliphatic heterocycles. The SMILES string of the molecule is O=C(c1n[nH]c2c1CCC=C2)N1CCN2CCC1CC2. The van der Waals surface area contributed by atoms with Crippen molar-refractivity contribution in [1.82, 2.24) is 20.0 Å². The van der Waals surface area contributed by atoms with Crippen LogP contribution in [0.4, 0.5) is 0 Å². The highest BCUT2D eigenvalue weighted by Crippen LogP contribution is 2.26. The number of aromatic amines is 1. The molecule has 0 aromatic carbocycles. The molecule has 0 saturated carbocycles. The summed E-state index contributed by atoms with van der Waals surface area (Å²) in [6, 6.07) is 0.410. The number of carbonyl (C=O) groups excluding carboxylic acids is 1. The van der Waals surface area contributed by atoms with Crippen molar-refractivity contribution in [3.05, 3.63) is 23.0 Å². The normalized spacial score (nSPS) is 28.3. The van der Waals surface area contributed by atoms with Crippen LogP contribution in [0, 0.1) is 0 Å². The van der Waals surface area contributed by atoms with E-state index in [9.17, 15) is 4.79 Å². The number of hydrogen-bond acceptors (Lipinski definition) is 3. The zero-order valence-corrected chi connectivity index (χ0v) is 11.6. The molecule has 4 heterocycles. The number of nitrogens with zero attached hydrogens (tertiary/aromatic N) is 3. The second kappa shape index (κ2) is 4.74. The van der Waals surface area contributed by atoms with Crippen molar-refractivity contribution in [2.45, 2.75) is 31.7 Å². The first-order valence-corrected chi connectivity index (χ1v) is 7.60. The van der Waals surface area contributed by atoms with E-state index in [0.717, 1.165) is 63.1 Å². The molecule has 1 aromatic rings. The summed E-state index contributed by atoms with van der Waals surface area (Å²) in [7, 11) is 0. The quantitative estimate of drug-likeness (QED) is 0.838. The van der Waals surface area contributed by atoms with Crippen molar-refractivity contribution < 1.29 is 4.79 Å². The van der Waals surface area contributed by atoms with Crippen LogP contribution in [0.5, 0.6) is 0 Å². The fraction of sp³-hybridized carbons (Fsp3) is 0.600. The lowest BCUT2D eigenvalue weighted by atomic mass is 10.00. The van der Waals surface area contributed by atoms with E-state index in [-0.39, 0.29) is 5.91 Å². The molecule has 2 bridgehead atoms. The fourth-order valence-electron chi connectivity index (χ4n) is 3.67. The molecule has 1 amide bonds. The summed E-state index contributed by atoms with van der Waals surface area (Å²) >= 11 is 0. The van der Waals surface area contributed by atoms with Gasteiger partial charge in [-0.3, -0.25) is 9.89 Å². The molecule has 0 unspecified atom stereocenters. The van der Waals surface area contributed by atoms with Crippen LogP contribution in [0.15, 0.2) is 6.08 Å². The third-order valence-electron chi connectivity index (χ3n) is 4.86. The lowest BCUT2D eigenvalue weighted by molar-refractivity contribution is 0.0677. The highest BCUT2D eigenvalue weighted by atomic mass is 16.2. The van der Waals surface area contributed by atoms with Crippen LogP contribution >= 0.6 is 0 Å². The molecule has 5 nitrogen and oxygen atoms in total. The van der Waals surface area contributed by atoms with Gasteiger partial charge in [-0.05, 0) is 31.8 Å². The van der Waals surface area contributed by atoms with E-state index in [2.05, 4.69) is 26.1 Å². The minimum atomic E-state index is 0.131. The Bertz CT molecular complexity index is 554. The lowest BCUT2D eigenvalue weighted by Crippen LogP contribution is -2.42. The Kier molecular flexibility index (Phi) is 2.88. The Labute approximate surface area is 118 Å². The minimum absolute atomic E-state index is 0.131. The van der Waals surface area contributed by atoms with E-state index >= 15 is 0 Å². The molecule has 5 heteroatoms. The van der Waals surface area contributed by atoms with Crippen molar-refractivity contribution in [3.8, 4) is 0 Å². The van der Waals surface area contributed by atoms with Crippen molar-refractivity contribution in [3.63, 3.8) is 0 Å². The number of carbonyl (C=O) groups is 1. The Morgan fingerprint density at radius 2 is 2.10 bits per heavy atom. The second-order valence-electron chi connectivity index (χ2n) is 5.98. The van der Waals surface area contributed by atoms with E-state index in [1.807, 2.05) is 6.08 Å². The van der Waals surface area contributed by atoms with Gasteiger partial charge in [-0.15, -0.1) is 0 Å². The summed E-state index contributed by atoms with van der Waals surface area (Å²) in [5.41, 5.74) is 2.78. The molecule has 5 rings (SSSR count). The van der Waals surface area contributed by atoms with Crippen molar-refractivity contribution >= 4 is 12.0 Å². The Morgan fingerprint density at radius 3 is 2.95 bits per heavy atom. The number of allylic oxidation sites excluding steroid dienone is 1. The predicted molar refractivity (Wildman–Crippen MR) is 76.4 cm³/mol. The number of rotatable bonds is 1. The standard InChI is InChI=1S/C15H20N4O/c20-15(14-12-3-1-2-4-13(12)16-17-14)19-10-9-18-7-5-11(19)6-8-18/h2,4,11H,1,3,5-10H2,(H,16,17). The molecular weight excluding hydrogens is 252 g/mol. The topological polar surface area (TPSA) is 52.2 Å². The molecule has 3 fully saturated rings. The summed E-state index contributed by atoms with van der Waals surface area (Å²) in [6.07, 6.45) is 8.33. The number of hydrogen-bond donors (Lipinski definition) is 1. The molecule has 1 aromatic heterocycles. The van der Waals surface area contributed by atoms with Gasteiger partial charge in [0.05, 0.1) is 5.69 Å². The van der Waals surface area contributed by atoms with E-state index in [4.69, 9.17) is 0 Å². The van der Waals surface area contributed by atoms with E-state index < -0.39 is 0 Å². The van der Waals surface area contributed by atoms with Crippen LogP contribution in [-0.4, -0.2) is 58.1 Å². The molecular formula is C15H20N4O. The first-order valence-electron chi connectivity index (χ1n) is 7.60. The number of aromatic nitrogens is 2. The van der Waals surface area contributed by atoms with Crippen molar-refractivity contribution in [2.24, 2.45) is 0 Å². The number of H-pyrrole nitrogens is 1. The van der Waals surface area contributed by atoms with Crippen LogP contribution < -0.4 is 0 Å². The molecule has 0 radical (unpaired) electrons. The van der Waals surface area contributed by atoms with Gasteiger partial charge in [0.1, 0.15) is 0 Å².